The van der Waals surface area contributed by atoms with Crippen molar-refractivity contribution < 1.29 is 14.6 Å². The first-order valence-electron chi connectivity index (χ1n) is 6.04. The Morgan fingerprint density at radius 2 is 2.06 bits per heavy atom. The van der Waals surface area contributed by atoms with E-state index in [1.165, 1.54) is 0 Å². The van der Waals surface area contributed by atoms with Crippen LogP contribution in [0.15, 0.2) is 0 Å². The van der Waals surface area contributed by atoms with E-state index in [-0.39, 0.29) is 12.5 Å². The number of carboxylic acid groups (broad SMARTS) is 1. The highest BCUT2D eigenvalue weighted by Crippen LogP contribution is 2.37. The highest BCUT2D eigenvalue weighted by molar-refractivity contribution is 5.75. The van der Waals surface area contributed by atoms with Crippen molar-refractivity contribution in [2.45, 2.75) is 33.1 Å². The highest BCUT2D eigenvalue weighted by atomic mass is 16.5. The van der Waals surface area contributed by atoms with Gasteiger partial charge in [0.1, 0.15) is 0 Å². The quantitative estimate of drug-likeness (QED) is 0.749. The molecule has 0 spiro atoms. The Morgan fingerprint density at radius 3 is 2.44 bits per heavy atom. The van der Waals surface area contributed by atoms with E-state index in [0.717, 1.165) is 26.1 Å². The first kappa shape index (κ1) is 13.5. The summed E-state index contributed by atoms with van der Waals surface area (Å²) in [5.41, 5.74) is 4.95. The van der Waals surface area contributed by atoms with Crippen LogP contribution in [0.5, 0.6) is 0 Å². The number of carboxylic acids is 1. The second-order valence-corrected chi connectivity index (χ2v) is 5.08. The van der Waals surface area contributed by atoms with E-state index < -0.39 is 11.4 Å². The lowest BCUT2D eigenvalue weighted by Gasteiger charge is -2.36. The van der Waals surface area contributed by atoms with Crippen molar-refractivity contribution in [1.29, 1.82) is 0 Å². The third kappa shape index (κ3) is 2.74. The summed E-state index contributed by atoms with van der Waals surface area (Å²) in [6.45, 7) is 5.62. The Kier molecular flexibility index (Phi) is 4.74. The van der Waals surface area contributed by atoms with E-state index in [0.29, 0.717) is 12.3 Å². The molecule has 0 aromatic rings. The van der Waals surface area contributed by atoms with Crippen LogP contribution in [0.25, 0.3) is 0 Å². The van der Waals surface area contributed by atoms with Gasteiger partial charge in [0.15, 0.2) is 0 Å². The fourth-order valence-corrected chi connectivity index (χ4v) is 2.44. The van der Waals surface area contributed by atoms with Crippen molar-refractivity contribution in [1.82, 2.24) is 0 Å². The van der Waals surface area contributed by atoms with Gasteiger partial charge in [-0.2, -0.15) is 0 Å². The van der Waals surface area contributed by atoms with Gasteiger partial charge >= 0.3 is 5.97 Å². The molecule has 4 heteroatoms. The summed E-state index contributed by atoms with van der Waals surface area (Å²) in [6, 6.07) is 0. The number of rotatable bonds is 5. The summed E-state index contributed by atoms with van der Waals surface area (Å²) in [5.74, 6) is -0.245. The summed E-state index contributed by atoms with van der Waals surface area (Å²) in [4.78, 5) is 11.5. The van der Waals surface area contributed by atoms with Crippen LogP contribution in [0.3, 0.4) is 0 Å². The SMILES string of the molecule is CC(C)C(CN)(CC1CCOCC1)C(=O)O. The van der Waals surface area contributed by atoms with Gasteiger partial charge < -0.3 is 15.6 Å². The molecule has 0 saturated carbocycles. The Bertz CT molecular complexity index is 236. The molecule has 1 atom stereocenters. The monoisotopic (exact) mass is 229 g/mol. The fraction of sp³-hybridized carbons (Fsp3) is 0.917. The van der Waals surface area contributed by atoms with Crippen LogP contribution in [-0.2, 0) is 9.53 Å². The number of carbonyl (C=O) groups is 1. The van der Waals surface area contributed by atoms with Crippen molar-refractivity contribution in [3.05, 3.63) is 0 Å². The van der Waals surface area contributed by atoms with E-state index in [1.807, 2.05) is 13.8 Å². The van der Waals surface area contributed by atoms with E-state index >= 15 is 0 Å². The van der Waals surface area contributed by atoms with Gasteiger partial charge in [-0.3, -0.25) is 4.79 Å². The molecule has 0 aromatic heterocycles. The number of hydrogen-bond acceptors (Lipinski definition) is 3. The molecule has 1 saturated heterocycles. The predicted octanol–water partition coefficient (Wildman–Crippen LogP) is 1.49. The molecule has 4 nitrogen and oxygen atoms in total. The van der Waals surface area contributed by atoms with Crippen molar-refractivity contribution in [3.63, 3.8) is 0 Å². The second kappa shape index (κ2) is 5.64. The van der Waals surface area contributed by atoms with Crippen molar-refractivity contribution in [2.75, 3.05) is 19.8 Å². The Morgan fingerprint density at radius 1 is 1.50 bits per heavy atom. The van der Waals surface area contributed by atoms with Crippen LogP contribution in [0.1, 0.15) is 33.1 Å². The van der Waals surface area contributed by atoms with Gasteiger partial charge in [-0.1, -0.05) is 13.8 Å². The smallest absolute Gasteiger partial charge is 0.311 e. The van der Waals surface area contributed by atoms with Gasteiger partial charge in [-0.05, 0) is 31.1 Å². The van der Waals surface area contributed by atoms with Gasteiger partial charge in [0.2, 0.25) is 0 Å². The van der Waals surface area contributed by atoms with Crippen molar-refractivity contribution in [3.8, 4) is 0 Å². The normalized spacial score (nSPS) is 22.0. The van der Waals surface area contributed by atoms with Crippen LogP contribution >= 0.6 is 0 Å². The number of ether oxygens (including phenoxy) is 1. The number of hydrogen-bond donors (Lipinski definition) is 2. The van der Waals surface area contributed by atoms with Gasteiger partial charge in [0.05, 0.1) is 5.41 Å². The zero-order valence-corrected chi connectivity index (χ0v) is 10.2. The number of aliphatic carboxylic acids is 1. The maximum atomic E-state index is 11.5. The molecule has 1 aliphatic rings. The fourth-order valence-electron chi connectivity index (χ4n) is 2.44. The predicted molar refractivity (Wildman–Crippen MR) is 62.1 cm³/mol. The largest absolute Gasteiger partial charge is 0.481 e. The maximum absolute atomic E-state index is 11.5. The zero-order chi connectivity index (χ0) is 12.2. The molecule has 1 rings (SSSR count). The van der Waals surface area contributed by atoms with Crippen molar-refractivity contribution >= 4 is 5.97 Å². The summed E-state index contributed by atoms with van der Waals surface area (Å²) in [6.07, 6.45) is 2.60. The van der Waals surface area contributed by atoms with E-state index in [2.05, 4.69) is 0 Å². The maximum Gasteiger partial charge on any atom is 0.311 e. The van der Waals surface area contributed by atoms with Crippen LogP contribution in [-0.4, -0.2) is 30.8 Å². The average molecular weight is 229 g/mol. The molecular weight excluding hydrogens is 206 g/mol. The third-order valence-electron chi connectivity index (χ3n) is 3.89. The lowest BCUT2D eigenvalue weighted by atomic mass is 9.70. The van der Waals surface area contributed by atoms with Gasteiger partial charge in [0.25, 0.3) is 0 Å². The Balaban J connectivity index is 2.72. The van der Waals surface area contributed by atoms with Gasteiger partial charge in [-0.15, -0.1) is 0 Å². The Labute approximate surface area is 97.2 Å². The molecule has 1 unspecified atom stereocenters. The molecule has 1 heterocycles. The van der Waals surface area contributed by atoms with Crippen LogP contribution < -0.4 is 5.73 Å². The van der Waals surface area contributed by atoms with E-state index in [9.17, 15) is 9.90 Å². The molecule has 0 amide bonds. The first-order chi connectivity index (χ1) is 7.53. The molecule has 1 aliphatic heterocycles. The summed E-state index contributed by atoms with van der Waals surface area (Å²) >= 11 is 0. The molecule has 94 valence electrons. The van der Waals surface area contributed by atoms with Crippen LogP contribution in [0.2, 0.25) is 0 Å². The van der Waals surface area contributed by atoms with Crippen molar-refractivity contribution in [2.24, 2.45) is 23.0 Å². The topological polar surface area (TPSA) is 72.5 Å². The van der Waals surface area contributed by atoms with Gasteiger partial charge in [-0.25, -0.2) is 0 Å². The standard InChI is InChI=1S/C12H23NO3/c1-9(2)12(8-13,11(14)15)7-10-3-5-16-6-4-10/h9-10H,3-8,13H2,1-2H3,(H,14,15). The summed E-state index contributed by atoms with van der Waals surface area (Å²) in [7, 11) is 0. The zero-order valence-electron chi connectivity index (χ0n) is 10.2. The molecule has 3 N–H and O–H groups in total. The lowest BCUT2D eigenvalue weighted by Crippen LogP contribution is -2.45. The molecular formula is C12H23NO3. The summed E-state index contributed by atoms with van der Waals surface area (Å²) in [5, 5.41) is 9.41. The minimum Gasteiger partial charge on any atom is -0.481 e. The minimum atomic E-state index is -0.762. The van der Waals surface area contributed by atoms with Gasteiger partial charge in [0, 0.05) is 19.8 Å². The molecule has 0 radical (unpaired) electrons. The lowest BCUT2D eigenvalue weighted by molar-refractivity contribution is -0.153. The molecule has 0 aliphatic carbocycles. The first-order valence-corrected chi connectivity index (χ1v) is 6.04. The van der Waals surface area contributed by atoms with E-state index in [4.69, 9.17) is 10.5 Å². The Hall–Kier alpha value is -0.610. The summed E-state index contributed by atoms with van der Waals surface area (Å²) < 4.78 is 5.29. The number of nitrogens with two attached hydrogens (primary N) is 1. The average Bonchev–Trinajstić information content (AvgIpc) is 2.26. The van der Waals surface area contributed by atoms with Crippen LogP contribution in [0, 0.1) is 17.3 Å². The van der Waals surface area contributed by atoms with E-state index in [1.54, 1.807) is 0 Å². The third-order valence-corrected chi connectivity index (χ3v) is 3.89. The molecule has 16 heavy (non-hydrogen) atoms. The molecule has 0 bridgehead atoms. The highest BCUT2D eigenvalue weighted by Gasteiger charge is 2.42. The second-order valence-electron chi connectivity index (χ2n) is 5.08. The minimum absolute atomic E-state index is 0.0674. The molecule has 0 aromatic carbocycles. The molecule has 1 fully saturated rings. The van der Waals surface area contributed by atoms with Crippen LogP contribution in [0.4, 0.5) is 0 Å².